The quantitative estimate of drug-likeness (QED) is 0.0564. The zero-order chi connectivity index (χ0) is 40.7. The summed E-state index contributed by atoms with van der Waals surface area (Å²) in [7, 11) is 0. The first kappa shape index (κ1) is 44.3. The number of hydrogen-bond acceptors (Lipinski definition) is 11. The summed E-state index contributed by atoms with van der Waals surface area (Å²) in [5, 5.41) is 30.6. The third kappa shape index (κ3) is 13.0. The van der Waals surface area contributed by atoms with E-state index in [9.17, 15) is 48.6 Å². The van der Waals surface area contributed by atoms with Crippen LogP contribution in [0.15, 0.2) is 30.3 Å². The molecule has 2 aliphatic heterocycles. The van der Waals surface area contributed by atoms with Crippen molar-refractivity contribution >= 4 is 47.3 Å². The number of nitrogens with one attached hydrogen (secondary N) is 4. The van der Waals surface area contributed by atoms with Crippen LogP contribution in [0.25, 0.3) is 0 Å². The highest BCUT2D eigenvalue weighted by atomic mass is 16.4. The van der Waals surface area contributed by atoms with Gasteiger partial charge in [0.1, 0.15) is 36.3 Å². The van der Waals surface area contributed by atoms with Gasteiger partial charge in [0.2, 0.25) is 41.4 Å². The van der Waals surface area contributed by atoms with Gasteiger partial charge in [-0.15, -0.1) is 0 Å². The van der Waals surface area contributed by atoms with Gasteiger partial charge < -0.3 is 58.5 Å². The summed E-state index contributed by atoms with van der Waals surface area (Å²) in [4.78, 5) is 107. The average Bonchev–Trinajstić information content (AvgIpc) is 3.85. The Labute approximate surface area is 319 Å². The van der Waals surface area contributed by atoms with E-state index in [1.54, 1.807) is 30.3 Å². The number of carbonyl (C=O) groups excluding carboxylic acids is 7. The van der Waals surface area contributed by atoms with E-state index in [1.807, 2.05) is 0 Å². The van der Waals surface area contributed by atoms with E-state index in [0.29, 0.717) is 37.8 Å². The SMILES string of the molecule is C[C@@H](O)[C@H](NC(=O)[C@H](Cc1ccccc1)NC(=O)[C@H](CCC(N)=O)NC(=O)[C@H](CCCCN)NC(=O)CN)C(=O)N1CCC[C@H]1C(=O)N1CCC[C@H]1C(=O)O. The van der Waals surface area contributed by atoms with Gasteiger partial charge in [-0.05, 0) is 70.4 Å². The standard InChI is InChI=1S/C36H55N9O10/c1-21(46)30(35(53)44-17-7-12-26(44)34(52)45-18-8-13-27(45)36(54)55)43-33(51)25(19-22-9-3-2-4-10-22)42-32(50)24(14-15-28(39)47)41-31(49)23(11-5-6-16-37)40-29(48)20-38/h2-4,9-10,21,23-27,30,46H,5-8,11-20,37-38H2,1H3,(H2,39,47)(H,40,48)(H,41,49)(H,42,50)(H,43,51)(H,54,55)/t21-,23+,24+,25+,26+,27+,30+/m1/s1. The van der Waals surface area contributed by atoms with Crippen molar-refractivity contribution in [1.82, 2.24) is 31.1 Å². The molecule has 0 radical (unpaired) electrons. The van der Waals surface area contributed by atoms with Crippen molar-refractivity contribution < 1.29 is 48.6 Å². The molecule has 19 heteroatoms. The van der Waals surface area contributed by atoms with E-state index in [4.69, 9.17) is 17.2 Å². The molecular weight excluding hydrogens is 718 g/mol. The third-order valence-electron chi connectivity index (χ3n) is 9.70. The lowest BCUT2D eigenvalue weighted by molar-refractivity contribution is -0.153. The van der Waals surface area contributed by atoms with Crippen molar-refractivity contribution in [2.24, 2.45) is 17.2 Å². The van der Waals surface area contributed by atoms with Crippen molar-refractivity contribution in [2.45, 2.75) is 113 Å². The first-order valence-electron chi connectivity index (χ1n) is 18.6. The van der Waals surface area contributed by atoms with Crippen LogP contribution >= 0.6 is 0 Å². The van der Waals surface area contributed by atoms with E-state index in [0.717, 1.165) is 0 Å². The molecule has 12 N–H and O–H groups in total. The largest absolute Gasteiger partial charge is 0.480 e. The lowest BCUT2D eigenvalue weighted by Gasteiger charge is -2.33. The van der Waals surface area contributed by atoms with Gasteiger partial charge in [-0.2, -0.15) is 0 Å². The fraction of sp³-hybridized carbons (Fsp3) is 0.611. The highest BCUT2D eigenvalue weighted by molar-refractivity contribution is 5.97. The van der Waals surface area contributed by atoms with Crippen LogP contribution < -0.4 is 38.5 Å². The van der Waals surface area contributed by atoms with Gasteiger partial charge >= 0.3 is 5.97 Å². The van der Waals surface area contributed by atoms with Crippen molar-refractivity contribution in [3.05, 3.63) is 35.9 Å². The fourth-order valence-corrected chi connectivity index (χ4v) is 6.76. The molecule has 2 heterocycles. The fourth-order valence-electron chi connectivity index (χ4n) is 6.76. The van der Waals surface area contributed by atoms with Crippen molar-refractivity contribution in [2.75, 3.05) is 26.2 Å². The Hall–Kier alpha value is -5.14. The summed E-state index contributed by atoms with van der Waals surface area (Å²) in [6, 6.07) is 1.14. The number of nitrogens with two attached hydrogens (primary N) is 3. The molecule has 0 aliphatic carbocycles. The van der Waals surface area contributed by atoms with E-state index >= 15 is 0 Å². The highest BCUT2D eigenvalue weighted by Gasteiger charge is 2.44. The predicted molar refractivity (Wildman–Crippen MR) is 197 cm³/mol. The summed E-state index contributed by atoms with van der Waals surface area (Å²) in [5.74, 6) is -6.29. The van der Waals surface area contributed by atoms with Gasteiger partial charge in [0, 0.05) is 25.9 Å². The molecule has 7 atom stereocenters. The molecule has 0 unspecified atom stereocenters. The van der Waals surface area contributed by atoms with Gasteiger partial charge in [0.05, 0.1) is 12.6 Å². The van der Waals surface area contributed by atoms with E-state index in [-0.39, 0.29) is 51.6 Å². The smallest absolute Gasteiger partial charge is 0.326 e. The Morgan fingerprint density at radius 3 is 1.95 bits per heavy atom. The second-order valence-electron chi connectivity index (χ2n) is 13.9. The van der Waals surface area contributed by atoms with Crippen LogP contribution in [0.2, 0.25) is 0 Å². The first-order chi connectivity index (χ1) is 26.2. The number of likely N-dealkylation sites (tertiary alicyclic amines) is 2. The molecule has 2 saturated heterocycles. The van der Waals surface area contributed by atoms with Crippen LogP contribution in [0.1, 0.15) is 70.3 Å². The number of rotatable bonds is 21. The number of nitrogens with zero attached hydrogens (tertiary/aromatic N) is 2. The summed E-state index contributed by atoms with van der Waals surface area (Å²) < 4.78 is 0. The number of carbonyl (C=O) groups is 8. The van der Waals surface area contributed by atoms with Crippen LogP contribution in [0, 0.1) is 0 Å². The summed E-state index contributed by atoms with van der Waals surface area (Å²) in [5.41, 5.74) is 17.0. The molecule has 0 spiro atoms. The number of amides is 7. The topological polar surface area (TPSA) is 310 Å². The average molecular weight is 774 g/mol. The van der Waals surface area contributed by atoms with Gasteiger partial charge in [-0.25, -0.2) is 4.79 Å². The number of carboxylic acid groups (broad SMARTS) is 1. The third-order valence-corrected chi connectivity index (χ3v) is 9.70. The number of carboxylic acids is 1. The minimum absolute atomic E-state index is 0.0970. The number of aliphatic carboxylic acids is 1. The molecule has 1 aromatic rings. The van der Waals surface area contributed by atoms with E-state index < -0.39 is 96.2 Å². The molecule has 0 saturated carbocycles. The van der Waals surface area contributed by atoms with Crippen molar-refractivity contribution in [3.63, 3.8) is 0 Å². The minimum atomic E-state index is -1.56. The van der Waals surface area contributed by atoms with Gasteiger partial charge in [0.15, 0.2) is 0 Å². The number of unbranched alkanes of at least 4 members (excludes halogenated alkanes) is 1. The normalized spacial score (nSPS) is 19.3. The first-order valence-corrected chi connectivity index (χ1v) is 18.6. The van der Waals surface area contributed by atoms with E-state index in [1.165, 1.54) is 16.7 Å². The van der Waals surface area contributed by atoms with Crippen LogP contribution in [0.3, 0.4) is 0 Å². The molecule has 0 bridgehead atoms. The van der Waals surface area contributed by atoms with Crippen molar-refractivity contribution in [1.29, 1.82) is 0 Å². The second kappa shape index (κ2) is 21.7. The predicted octanol–water partition coefficient (Wildman–Crippen LogP) is -3.03. The molecule has 2 aliphatic rings. The number of aliphatic hydroxyl groups is 1. The van der Waals surface area contributed by atoms with Gasteiger partial charge in [0.25, 0.3) is 0 Å². The molecule has 19 nitrogen and oxygen atoms in total. The van der Waals surface area contributed by atoms with Crippen LogP contribution in [-0.2, 0) is 44.8 Å². The number of primary amides is 1. The molecule has 2 fully saturated rings. The highest BCUT2D eigenvalue weighted by Crippen LogP contribution is 2.26. The van der Waals surface area contributed by atoms with Gasteiger partial charge in [-0.1, -0.05) is 30.3 Å². The molecule has 304 valence electrons. The van der Waals surface area contributed by atoms with Crippen LogP contribution in [-0.4, -0.2) is 136 Å². The maximum absolute atomic E-state index is 14.0. The number of benzene rings is 1. The molecule has 55 heavy (non-hydrogen) atoms. The Kier molecular flexibility index (Phi) is 17.4. The monoisotopic (exact) mass is 773 g/mol. The molecular formula is C36H55N9O10. The molecule has 3 rings (SSSR count). The lowest BCUT2D eigenvalue weighted by atomic mass is 10.0. The van der Waals surface area contributed by atoms with Crippen LogP contribution in [0.4, 0.5) is 0 Å². The maximum Gasteiger partial charge on any atom is 0.326 e. The number of aliphatic hydroxyl groups excluding tert-OH is 1. The Morgan fingerprint density at radius 1 is 0.782 bits per heavy atom. The van der Waals surface area contributed by atoms with Crippen molar-refractivity contribution in [3.8, 4) is 0 Å². The van der Waals surface area contributed by atoms with Gasteiger partial charge in [-0.3, -0.25) is 33.6 Å². The molecule has 1 aromatic carbocycles. The summed E-state index contributed by atoms with van der Waals surface area (Å²) in [6.45, 7) is 1.59. The van der Waals surface area contributed by atoms with E-state index in [2.05, 4.69) is 21.3 Å². The second-order valence-corrected chi connectivity index (χ2v) is 13.9. The lowest BCUT2D eigenvalue weighted by Crippen LogP contribution is -2.61. The summed E-state index contributed by atoms with van der Waals surface area (Å²) >= 11 is 0. The maximum atomic E-state index is 14.0. The minimum Gasteiger partial charge on any atom is -0.480 e. The Morgan fingerprint density at radius 2 is 1.36 bits per heavy atom. The molecule has 0 aromatic heterocycles. The Bertz CT molecular complexity index is 1530. The zero-order valence-corrected chi connectivity index (χ0v) is 31.1. The summed E-state index contributed by atoms with van der Waals surface area (Å²) in [6.07, 6.45) is 0.549. The number of hydrogen-bond donors (Lipinski definition) is 9. The van der Waals surface area contributed by atoms with Crippen LogP contribution in [0.5, 0.6) is 0 Å². The Balaban J connectivity index is 1.85. The zero-order valence-electron chi connectivity index (χ0n) is 31.1. The molecule has 7 amide bonds.